The lowest BCUT2D eigenvalue weighted by atomic mass is 9.96. The quantitative estimate of drug-likeness (QED) is 0.760. The van der Waals surface area contributed by atoms with Crippen LogP contribution in [0.4, 0.5) is 0 Å². The molecule has 0 heterocycles. The number of benzene rings is 1. The fraction of sp³-hybridized carbons (Fsp3) is 0.588. The third kappa shape index (κ3) is 4.09. The number of nitrogens with one attached hydrogen (secondary N) is 1. The van der Waals surface area contributed by atoms with Crippen LogP contribution in [0, 0.1) is 0 Å². The molecule has 1 aliphatic rings. The van der Waals surface area contributed by atoms with Gasteiger partial charge in [0, 0.05) is 12.1 Å². The molecular weight excluding hydrogens is 234 g/mol. The highest BCUT2D eigenvalue weighted by Crippen LogP contribution is 2.33. The minimum absolute atomic E-state index is 0.0640. The standard InChI is InChI=1S/C17H25NO/c1-2-3-6-13-18-17(19)16-11-9-15(10-12-16)14-7-4-5-8-14/h9-12,14H,2-8,13H2,1H3,(H,18,19). The van der Waals surface area contributed by atoms with E-state index in [2.05, 4.69) is 24.4 Å². The summed E-state index contributed by atoms with van der Waals surface area (Å²) < 4.78 is 0. The van der Waals surface area contributed by atoms with E-state index in [1.54, 1.807) is 0 Å². The van der Waals surface area contributed by atoms with Gasteiger partial charge in [0.1, 0.15) is 0 Å². The first-order valence-electron chi connectivity index (χ1n) is 7.69. The van der Waals surface area contributed by atoms with Gasteiger partial charge in [-0.15, -0.1) is 0 Å². The minimum atomic E-state index is 0.0640. The van der Waals surface area contributed by atoms with Crippen molar-refractivity contribution in [3.8, 4) is 0 Å². The molecule has 1 aromatic rings. The molecular formula is C17H25NO. The molecule has 2 heteroatoms. The first-order chi connectivity index (χ1) is 9.31. The predicted octanol–water partition coefficient (Wildman–Crippen LogP) is 4.26. The van der Waals surface area contributed by atoms with Gasteiger partial charge < -0.3 is 5.32 Å². The van der Waals surface area contributed by atoms with Crippen LogP contribution in [-0.4, -0.2) is 12.5 Å². The maximum atomic E-state index is 11.9. The molecule has 1 N–H and O–H groups in total. The Hall–Kier alpha value is -1.31. The molecule has 1 amide bonds. The van der Waals surface area contributed by atoms with Crippen molar-refractivity contribution in [3.05, 3.63) is 35.4 Å². The molecule has 1 saturated carbocycles. The number of unbranched alkanes of at least 4 members (excludes halogenated alkanes) is 2. The molecule has 2 rings (SSSR count). The van der Waals surface area contributed by atoms with E-state index in [9.17, 15) is 4.79 Å². The van der Waals surface area contributed by atoms with Crippen LogP contribution in [0.5, 0.6) is 0 Å². The van der Waals surface area contributed by atoms with E-state index >= 15 is 0 Å². The van der Waals surface area contributed by atoms with Crippen LogP contribution < -0.4 is 5.32 Å². The third-order valence-corrected chi connectivity index (χ3v) is 4.07. The summed E-state index contributed by atoms with van der Waals surface area (Å²) in [5.41, 5.74) is 2.19. The Morgan fingerprint density at radius 2 is 1.84 bits per heavy atom. The zero-order valence-corrected chi connectivity index (χ0v) is 12.0. The Kier molecular flexibility index (Phi) is 5.44. The Bertz CT molecular complexity index is 390. The van der Waals surface area contributed by atoms with E-state index in [1.165, 1.54) is 44.1 Å². The van der Waals surface area contributed by atoms with Gasteiger partial charge in [-0.1, -0.05) is 44.7 Å². The maximum absolute atomic E-state index is 11.9. The Labute approximate surface area is 116 Å². The number of hydrogen-bond donors (Lipinski definition) is 1. The van der Waals surface area contributed by atoms with Crippen molar-refractivity contribution in [1.29, 1.82) is 0 Å². The van der Waals surface area contributed by atoms with Gasteiger partial charge in [0.2, 0.25) is 0 Å². The monoisotopic (exact) mass is 259 g/mol. The number of hydrogen-bond acceptors (Lipinski definition) is 1. The molecule has 0 atom stereocenters. The van der Waals surface area contributed by atoms with E-state index in [1.807, 2.05) is 12.1 Å². The second kappa shape index (κ2) is 7.32. The number of rotatable bonds is 6. The van der Waals surface area contributed by atoms with E-state index in [-0.39, 0.29) is 5.91 Å². The van der Waals surface area contributed by atoms with Crippen molar-refractivity contribution in [2.45, 2.75) is 57.8 Å². The molecule has 19 heavy (non-hydrogen) atoms. The van der Waals surface area contributed by atoms with Crippen LogP contribution >= 0.6 is 0 Å². The lowest BCUT2D eigenvalue weighted by Crippen LogP contribution is -2.24. The molecule has 0 radical (unpaired) electrons. The Morgan fingerprint density at radius 3 is 2.47 bits per heavy atom. The third-order valence-electron chi connectivity index (χ3n) is 4.07. The zero-order valence-electron chi connectivity index (χ0n) is 12.0. The molecule has 0 spiro atoms. The first-order valence-corrected chi connectivity index (χ1v) is 7.69. The number of carbonyl (C=O) groups is 1. The zero-order chi connectivity index (χ0) is 13.5. The van der Waals surface area contributed by atoms with Gasteiger partial charge in [-0.3, -0.25) is 4.79 Å². The van der Waals surface area contributed by atoms with Crippen LogP contribution in [-0.2, 0) is 0 Å². The van der Waals surface area contributed by atoms with E-state index in [0.717, 1.165) is 24.4 Å². The molecule has 1 aliphatic carbocycles. The Balaban J connectivity index is 1.85. The van der Waals surface area contributed by atoms with Crippen LogP contribution in [0.3, 0.4) is 0 Å². The van der Waals surface area contributed by atoms with E-state index in [0.29, 0.717) is 0 Å². The van der Waals surface area contributed by atoms with Gasteiger partial charge in [-0.05, 0) is 42.9 Å². The summed E-state index contributed by atoms with van der Waals surface area (Å²) in [6, 6.07) is 8.22. The summed E-state index contributed by atoms with van der Waals surface area (Å²) in [6.45, 7) is 2.96. The average molecular weight is 259 g/mol. The lowest BCUT2D eigenvalue weighted by molar-refractivity contribution is 0.0953. The number of carbonyl (C=O) groups excluding carboxylic acids is 1. The second-order valence-electron chi connectivity index (χ2n) is 5.57. The molecule has 0 unspecified atom stereocenters. The maximum Gasteiger partial charge on any atom is 0.251 e. The number of amides is 1. The summed E-state index contributed by atoms with van der Waals surface area (Å²) in [5, 5.41) is 2.98. The van der Waals surface area contributed by atoms with E-state index < -0.39 is 0 Å². The molecule has 104 valence electrons. The molecule has 1 aromatic carbocycles. The highest BCUT2D eigenvalue weighted by atomic mass is 16.1. The molecule has 2 nitrogen and oxygen atoms in total. The largest absolute Gasteiger partial charge is 0.352 e. The molecule has 1 fully saturated rings. The summed E-state index contributed by atoms with van der Waals surface area (Å²) in [5.74, 6) is 0.788. The highest BCUT2D eigenvalue weighted by molar-refractivity contribution is 5.94. The van der Waals surface area contributed by atoms with Gasteiger partial charge in [0.25, 0.3) is 5.91 Å². The summed E-state index contributed by atoms with van der Waals surface area (Å²) in [7, 11) is 0. The van der Waals surface area contributed by atoms with E-state index in [4.69, 9.17) is 0 Å². The van der Waals surface area contributed by atoms with Gasteiger partial charge >= 0.3 is 0 Å². The SMILES string of the molecule is CCCCCNC(=O)c1ccc(C2CCCC2)cc1. The van der Waals surface area contributed by atoms with Gasteiger partial charge in [0.05, 0.1) is 0 Å². The van der Waals surface area contributed by atoms with Gasteiger partial charge in [0.15, 0.2) is 0 Å². The summed E-state index contributed by atoms with van der Waals surface area (Å²) in [6.07, 6.45) is 8.76. The highest BCUT2D eigenvalue weighted by Gasteiger charge is 2.17. The average Bonchev–Trinajstić information content (AvgIpc) is 2.98. The fourth-order valence-corrected chi connectivity index (χ4v) is 2.84. The molecule has 0 aliphatic heterocycles. The first kappa shape index (κ1) is 14.1. The van der Waals surface area contributed by atoms with Crippen LogP contribution in [0.2, 0.25) is 0 Å². The van der Waals surface area contributed by atoms with Gasteiger partial charge in [-0.2, -0.15) is 0 Å². The minimum Gasteiger partial charge on any atom is -0.352 e. The van der Waals surface area contributed by atoms with Crippen LogP contribution in [0.1, 0.15) is 73.7 Å². The van der Waals surface area contributed by atoms with Crippen molar-refractivity contribution in [2.24, 2.45) is 0 Å². The second-order valence-corrected chi connectivity index (χ2v) is 5.57. The van der Waals surface area contributed by atoms with Crippen molar-refractivity contribution < 1.29 is 4.79 Å². The van der Waals surface area contributed by atoms with Crippen LogP contribution in [0.15, 0.2) is 24.3 Å². The smallest absolute Gasteiger partial charge is 0.251 e. The lowest BCUT2D eigenvalue weighted by Gasteiger charge is -2.10. The van der Waals surface area contributed by atoms with Crippen molar-refractivity contribution in [3.63, 3.8) is 0 Å². The van der Waals surface area contributed by atoms with Crippen LogP contribution in [0.25, 0.3) is 0 Å². The Morgan fingerprint density at radius 1 is 1.16 bits per heavy atom. The topological polar surface area (TPSA) is 29.1 Å². The van der Waals surface area contributed by atoms with Crippen molar-refractivity contribution in [2.75, 3.05) is 6.54 Å². The summed E-state index contributed by atoms with van der Waals surface area (Å²) >= 11 is 0. The summed E-state index contributed by atoms with van der Waals surface area (Å²) in [4.78, 5) is 11.9. The van der Waals surface area contributed by atoms with Gasteiger partial charge in [-0.25, -0.2) is 0 Å². The predicted molar refractivity (Wildman–Crippen MR) is 79.5 cm³/mol. The fourth-order valence-electron chi connectivity index (χ4n) is 2.84. The molecule has 0 aromatic heterocycles. The van der Waals surface area contributed by atoms with Crippen molar-refractivity contribution in [1.82, 2.24) is 5.32 Å². The molecule has 0 saturated heterocycles. The van der Waals surface area contributed by atoms with Crippen molar-refractivity contribution >= 4 is 5.91 Å². The normalized spacial score (nSPS) is 15.6. The molecule has 0 bridgehead atoms.